The van der Waals surface area contributed by atoms with Crippen molar-refractivity contribution in [2.45, 2.75) is 24.8 Å². The first kappa shape index (κ1) is 20.4. The van der Waals surface area contributed by atoms with E-state index < -0.39 is 10.0 Å². The van der Waals surface area contributed by atoms with Crippen LogP contribution in [0, 0.1) is 19.7 Å². The molecule has 1 aliphatic rings. The standard InChI is InChI=1S/C20H23FN6O2S/c1-13-20(14(2)25(3)24-13)30(28,29)26(4)17-11-27(12-17)19-10-9-18(22-23-19)15-5-7-16(21)8-6-15/h5-10,17H,11-12H2,1-4H3. The molecule has 1 fully saturated rings. The second-order valence-corrected chi connectivity index (χ2v) is 9.42. The van der Waals surface area contributed by atoms with Crippen molar-refractivity contribution in [1.82, 2.24) is 24.3 Å². The molecule has 1 aliphatic heterocycles. The first-order chi connectivity index (χ1) is 14.2. The van der Waals surface area contributed by atoms with Crippen LogP contribution in [0.3, 0.4) is 0 Å². The molecule has 0 spiro atoms. The summed E-state index contributed by atoms with van der Waals surface area (Å²) in [6.07, 6.45) is 0. The Hall–Kier alpha value is -2.85. The average Bonchev–Trinajstić information content (AvgIpc) is 2.94. The van der Waals surface area contributed by atoms with E-state index in [1.165, 1.54) is 16.4 Å². The van der Waals surface area contributed by atoms with E-state index in [1.54, 1.807) is 44.8 Å². The Morgan fingerprint density at radius 1 is 1.07 bits per heavy atom. The number of rotatable bonds is 5. The Kier molecular flexibility index (Phi) is 5.07. The van der Waals surface area contributed by atoms with Gasteiger partial charge < -0.3 is 4.90 Å². The van der Waals surface area contributed by atoms with E-state index >= 15 is 0 Å². The largest absolute Gasteiger partial charge is 0.352 e. The fourth-order valence-corrected chi connectivity index (χ4v) is 5.34. The lowest BCUT2D eigenvalue weighted by molar-refractivity contribution is 0.309. The lowest BCUT2D eigenvalue weighted by Crippen LogP contribution is -2.60. The van der Waals surface area contributed by atoms with Crippen LogP contribution in [0.1, 0.15) is 11.4 Å². The van der Waals surface area contributed by atoms with E-state index in [4.69, 9.17) is 0 Å². The number of nitrogens with zero attached hydrogens (tertiary/aromatic N) is 6. The maximum absolute atomic E-state index is 13.1. The highest BCUT2D eigenvalue weighted by atomic mass is 32.2. The second kappa shape index (κ2) is 7.44. The van der Waals surface area contributed by atoms with Crippen molar-refractivity contribution < 1.29 is 12.8 Å². The van der Waals surface area contributed by atoms with Crippen LogP contribution in [-0.4, -0.2) is 58.9 Å². The molecule has 0 radical (unpaired) electrons. The van der Waals surface area contributed by atoms with Crippen LogP contribution in [0.15, 0.2) is 41.3 Å². The topological polar surface area (TPSA) is 84.2 Å². The monoisotopic (exact) mass is 430 g/mol. The van der Waals surface area contributed by atoms with Crippen molar-refractivity contribution in [2.75, 3.05) is 25.0 Å². The van der Waals surface area contributed by atoms with Gasteiger partial charge >= 0.3 is 0 Å². The van der Waals surface area contributed by atoms with E-state index in [1.807, 2.05) is 17.0 Å². The molecule has 4 rings (SSSR count). The van der Waals surface area contributed by atoms with Crippen molar-refractivity contribution in [1.29, 1.82) is 0 Å². The van der Waals surface area contributed by atoms with Crippen LogP contribution < -0.4 is 4.90 Å². The first-order valence-electron chi connectivity index (χ1n) is 9.51. The third-order valence-corrected chi connectivity index (χ3v) is 7.73. The smallest absolute Gasteiger partial charge is 0.246 e. The van der Waals surface area contributed by atoms with Gasteiger partial charge in [-0.05, 0) is 50.2 Å². The summed E-state index contributed by atoms with van der Waals surface area (Å²) in [6.45, 7) is 4.52. The normalized spacial score (nSPS) is 14.9. The molecule has 0 saturated carbocycles. The number of hydrogen-bond donors (Lipinski definition) is 0. The van der Waals surface area contributed by atoms with Crippen molar-refractivity contribution in [3.8, 4) is 11.3 Å². The number of anilines is 1. The fraction of sp³-hybridized carbons (Fsp3) is 0.350. The van der Waals surface area contributed by atoms with Gasteiger partial charge in [-0.15, -0.1) is 10.2 Å². The summed E-state index contributed by atoms with van der Waals surface area (Å²) in [7, 11) is -0.294. The number of halogens is 1. The minimum absolute atomic E-state index is 0.160. The minimum Gasteiger partial charge on any atom is -0.352 e. The number of aromatic nitrogens is 4. The van der Waals surface area contributed by atoms with Gasteiger partial charge in [-0.3, -0.25) is 4.68 Å². The van der Waals surface area contributed by atoms with Crippen molar-refractivity contribution >= 4 is 15.8 Å². The first-order valence-corrected chi connectivity index (χ1v) is 11.0. The summed E-state index contributed by atoms with van der Waals surface area (Å²) in [6, 6.07) is 9.58. The Morgan fingerprint density at radius 2 is 1.73 bits per heavy atom. The second-order valence-electron chi connectivity index (χ2n) is 7.49. The SMILES string of the molecule is Cc1nn(C)c(C)c1S(=O)(=O)N(C)C1CN(c2ccc(-c3ccc(F)cc3)nn2)C1. The van der Waals surface area contributed by atoms with Crippen LogP contribution >= 0.6 is 0 Å². The van der Waals surface area contributed by atoms with E-state index in [-0.39, 0.29) is 16.8 Å². The van der Waals surface area contributed by atoms with Gasteiger partial charge in [0.25, 0.3) is 0 Å². The van der Waals surface area contributed by atoms with Crippen molar-refractivity contribution in [3.05, 3.63) is 53.6 Å². The highest BCUT2D eigenvalue weighted by molar-refractivity contribution is 7.89. The maximum atomic E-state index is 13.1. The van der Waals surface area contributed by atoms with Gasteiger partial charge in [0.05, 0.1) is 23.1 Å². The molecule has 0 bridgehead atoms. The summed E-state index contributed by atoms with van der Waals surface area (Å²) in [5.41, 5.74) is 2.56. The van der Waals surface area contributed by atoms with Crippen LogP contribution in [0.25, 0.3) is 11.3 Å². The van der Waals surface area contributed by atoms with E-state index in [0.717, 1.165) is 5.56 Å². The van der Waals surface area contributed by atoms with Crippen LogP contribution in [-0.2, 0) is 17.1 Å². The molecule has 10 heteroatoms. The Balaban J connectivity index is 1.45. The number of benzene rings is 1. The number of aryl methyl sites for hydroxylation is 2. The van der Waals surface area contributed by atoms with Crippen LogP contribution in [0.4, 0.5) is 10.2 Å². The number of sulfonamides is 1. The Labute approximate surface area is 175 Å². The molecule has 0 N–H and O–H groups in total. The molecule has 0 aliphatic carbocycles. The summed E-state index contributed by atoms with van der Waals surface area (Å²) >= 11 is 0. The quantitative estimate of drug-likeness (QED) is 0.617. The lowest BCUT2D eigenvalue weighted by Gasteiger charge is -2.43. The zero-order valence-electron chi connectivity index (χ0n) is 17.2. The third kappa shape index (κ3) is 3.46. The molecule has 1 saturated heterocycles. The minimum atomic E-state index is -3.63. The summed E-state index contributed by atoms with van der Waals surface area (Å²) in [5.74, 6) is 0.377. The zero-order chi connectivity index (χ0) is 21.6. The van der Waals surface area contributed by atoms with Gasteiger partial charge in [0, 0.05) is 32.7 Å². The van der Waals surface area contributed by atoms with Gasteiger partial charge in [0.1, 0.15) is 10.7 Å². The molecule has 2 aromatic heterocycles. The van der Waals surface area contributed by atoms with E-state index in [0.29, 0.717) is 36.0 Å². The molecule has 3 heterocycles. The molecule has 0 unspecified atom stereocenters. The predicted molar refractivity (Wildman–Crippen MR) is 111 cm³/mol. The molecular formula is C20H23FN6O2S. The Bertz CT molecular complexity index is 1170. The van der Waals surface area contributed by atoms with E-state index in [9.17, 15) is 12.8 Å². The molecule has 30 heavy (non-hydrogen) atoms. The number of hydrogen-bond acceptors (Lipinski definition) is 6. The summed E-state index contributed by atoms with van der Waals surface area (Å²) in [5, 5.41) is 12.7. The third-order valence-electron chi connectivity index (χ3n) is 5.57. The van der Waals surface area contributed by atoms with Gasteiger partial charge in [-0.1, -0.05) is 0 Å². The Morgan fingerprint density at radius 3 is 2.27 bits per heavy atom. The van der Waals surface area contributed by atoms with Crippen LogP contribution in [0.5, 0.6) is 0 Å². The molecule has 0 amide bonds. The number of likely N-dealkylation sites (N-methyl/N-ethyl adjacent to an activating group) is 1. The van der Waals surface area contributed by atoms with Crippen molar-refractivity contribution in [2.24, 2.45) is 7.05 Å². The zero-order valence-corrected chi connectivity index (χ0v) is 18.1. The van der Waals surface area contributed by atoms with Crippen molar-refractivity contribution in [3.63, 3.8) is 0 Å². The maximum Gasteiger partial charge on any atom is 0.246 e. The van der Waals surface area contributed by atoms with Gasteiger partial charge in [-0.2, -0.15) is 9.40 Å². The molecule has 158 valence electrons. The highest BCUT2D eigenvalue weighted by Crippen LogP contribution is 2.28. The molecule has 1 aromatic carbocycles. The van der Waals surface area contributed by atoms with Gasteiger partial charge in [0.15, 0.2) is 5.82 Å². The van der Waals surface area contributed by atoms with E-state index in [2.05, 4.69) is 15.3 Å². The molecule has 0 atom stereocenters. The summed E-state index contributed by atoms with van der Waals surface area (Å²) < 4.78 is 42.3. The highest BCUT2D eigenvalue weighted by Gasteiger charge is 2.39. The summed E-state index contributed by atoms with van der Waals surface area (Å²) in [4.78, 5) is 2.25. The molecular weight excluding hydrogens is 407 g/mol. The molecule has 8 nitrogen and oxygen atoms in total. The predicted octanol–water partition coefficient (Wildman–Crippen LogP) is 2.14. The molecule has 3 aromatic rings. The van der Waals surface area contributed by atoms with Gasteiger partial charge in [-0.25, -0.2) is 12.8 Å². The fourth-order valence-electron chi connectivity index (χ4n) is 3.61. The van der Waals surface area contributed by atoms with Crippen LogP contribution in [0.2, 0.25) is 0 Å². The average molecular weight is 431 g/mol. The van der Waals surface area contributed by atoms with Gasteiger partial charge in [0.2, 0.25) is 10.0 Å². The lowest BCUT2D eigenvalue weighted by atomic mass is 10.1.